The van der Waals surface area contributed by atoms with E-state index in [9.17, 15) is 4.79 Å². The Kier molecular flexibility index (Phi) is 3.96. The molecule has 1 aromatic carbocycles. The summed E-state index contributed by atoms with van der Waals surface area (Å²) in [5, 5.41) is 8.29. The number of carbonyl (C=O) groups excluding carboxylic acids is 1. The minimum Gasteiger partial charge on any atom is -0.289 e. The molecule has 5 nitrogen and oxygen atoms in total. The van der Waals surface area contributed by atoms with Crippen molar-refractivity contribution in [3.63, 3.8) is 0 Å². The van der Waals surface area contributed by atoms with E-state index in [4.69, 9.17) is 0 Å². The summed E-state index contributed by atoms with van der Waals surface area (Å²) in [5.74, 6) is -0.0658. The van der Waals surface area contributed by atoms with Gasteiger partial charge in [0.05, 0.1) is 24.5 Å². The number of aromatic nitrogens is 4. The molecule has 0 aliphatic carbocycles. The van der Waals surface area contributed by atoms with Crippen molar-refractivity contribution in [3.8, 4) is 0 Å². The first-order valence-electron chi connectivity index (χ1n) is 6.98. The van der Waals surface area contributed by atoms with Gasteiger partial charge in [-0.25, -0.2) is 0 Å². The van der Waals surface area contributed by atoms with E-state index in [1.807, 2.05) is 29.1 Å². The average Bonchev–Trinajstić information content (AvgIpc) is 3.15. The molecule has 0 saturated carbocycles. The normalized spacial score (nSPS) is 11.1. The molecule has 2 aromatic heterocycles. The summed E-state index contributed by atoms with van der Waals surface area (Å²) in [6.45, 7) is 0.714. The highest BCUT2D eigenvalue weighted by Crippen LogP contribution is 2.07. The van der Waals surface area contributed by atoms with Crippen LogP contribution in [0.2, 0.25) is 0 Å². The first-order chi connectivity index (χ1) is 10.7. The molecule has 5 heteroatoms. The molecule has 3 aromatic rings. The van der Waals surface area contributed by atoms with Crippen molar-refractivity contribution in [1.82, 2.24) is 19.6 Å². The monoisotopic (exact) mass is 292 g/mol. The van der Waals surface area contributed by atoms with Gasteiger partial charge in [0.1, 0.15) is 0 Å². The van der Waals surface area contributed by atoms with Crippen LogP contribution in [0.3, 0.4) is 0 Å². The lowest BCUT2D eigenvalue weighted by molar-refractivity contribution is 0.104. The van der Waals surface area contributed by atoms with Gasteiger partial charge in [-0.3, -0.25) is 14.2 Å². The van der Waals surface area contributed by atoms with E-state index in [1.165, 1.54) is 5.56 Å². The number of aryl methyl sites for hydroxylation is 1. The molecule has 0 aliphatic heterocycles. The first-order valence-corrected chi connectivity index (χ1v) is 6.98. The molecule has 0 atom stereocenters. The standard InChI is InChI=1S/C17H16N4O/c1-20-13-16(10-18-20)17(22)8-7-15-9-19-21(12-15)11-14-5-3-2-4-6-14/h2-10,12-13H,11H2,1H3/b8-7+. The molecule has 0 aliphatic rings. The number of rotatable bonds is 5. The lowest BCUT2D eigenvalue weighted by Gasteiger charge is -2.00. The van der Waals surface area contributed by atoms with E-state index in [0.29, 0.717) is 12.1 Å². The Labute approximate surface area is 128 Å². The minimum atomic E-state index is -0.0658. The minimum absolute atomic E-state index is 0.0658. The summed E-state index contributed by atoms with van der Waals surface area (Å²) in [6.07, 6.45) is 10.2. The summed E-state index contributed by atoms with van der Waals surface area (Å²) in [5.41, 5.74) is 2.66. The zero-order valence-corrected chi connectivity index (χ0v) is 12.3. The van der Waals surface area contributed by atoms with E-state index in [-0.39, 0.29) is 5.78 Å². The maximum Gasteiger partial charge on any atom is 0.189 e. The number of allylic oxidation sites excluding steroid dienone is 1. The summed E-state index contributed by atoms with van der Waals surface area (Å²) in [6, 6.07) is 10.1. The Morgan fingerprint density at radius 3 is 2.68 bits per heavy atom. The van der Waals surface area contributed by atoms with Crippen LogP contribution in [0, 0.1) is 0 Å². The Hall–Kier alpha value is -2.95. The van der Waals surface area contributed by atoms with Crippen molar-refractivity contribution in [2.24, 2.45) is 7.05 Å². The third kappa shape index (κ3) is 3.38. The number of ketones is 1. The lowest BCUT2D eigenvalue weighted by Crippen LogP contribution is -1.99. The van der Waals surface area contributed by atoms with Gasteiger partial charge in [0.2, 0.25) is 0 Å². The molecule has 0 radical (unpaired) electrons. The van der Waals surface area contributed by atoms with Crippen molar-refractivity contribution in [2.75, 3.05) is 0 Å². The lowest BCUT2D eigenvalue weighted by atomic mass is 10.2. The largest absolute Gasteiger partial charge is 0.289 e. The van der Waals surface area contributed by atoms with Crippen molar-refractivity contribution < 1.29 is 4.79 Å². The van der Waals surface area contributed by atoms with Gasteiger partial charge >= 0.3 is 0 Å². The van der Waals surface area contributed by atoms with Gasteiger partial charge in [-0.15, -0.1) is 0 Å². The number of nitrogens with zero attached hydrogens (tertiary/aromatic N) is 4. The fourth-order valence-electron chi connectivity index (χ4n) is 2.14. The van der Waals surface area contributed by atoms with Crippen LogP contribution >= 0.6 is 0 Å². The highest BCUT2D eigenvalue weighted by molar-refractivity contribution is 6.06. The van der Waals surface area contributed by atoms with E-state index in [0.717, 1.165) is 5.56 Å². The molecule has 0 N–H and O–H groups in total. The van der Waals surface area contributed by atoms with E-state index < -0.39 is 0 Å². The number of carbonyl (C=O) groups is 1. The van der Waals surface area contributed by atoms with Crippen LogP contribution in [-0.4, -0.2) is 25.3 Å². The molecule has 0 amide bonds. The highest BCUT2D eigenvalue weighted by atomic mass is 16.1. The molecule has 0 spiro atoms. The van der Waals surface area contributed by atoms with Crippen LogP contribution in [0.1, 0.15) is 21.5 Å². The molecule has 0 fully saturated rings. The van der Waals surface area contributed by atoms with Crippen molar-refractivity contribution >= 4 is 11.9 Å². The summed E-state index contributed by atoms with van der Waals surface area (Å²) < 4.78 is 3.46. The van der Waals surface area contributed by atoms with Crippen LogP contribution in [0.25, 0.3) is 6.08 Å². The Balaban J connectivity index is 1.66. The van der Waals surface area contributed by atoms with Crippen molar-refractivity contribution in [3.05, 3.63) is 77.9 Å². The summed E-state index contributed by atoms with van der Waals surface area (Å²) >= 11 is 0. The van der Waals surface area contributed by atoms with Gasteiger partial charge in [-0.2, -0.15) is 10.2 Å². The van der Waals surface area contributed by atoms with Crippen LogP contribution < -0.4 is 0 Å². The predicted molar refractivity (Wildman–Crippen MR) is 84.3 cm³/mol. The van der Waals surface area contributed by atoms with Gasteiger partial charge in [-0.05, 0) is 17.7 Å². The van der Waals surface area contributed by atoms with E-state index >= 15 is 0 Å². The molecular weight excluding hydrogens is 276 g/mol. The fourth-order valence-corrected chi connectivity index (χ4v) is 2.14. The second-order valence-corrected chi connectivity index (χ2v) is 5.06. The third-order valence-electron chi connectivity index (χ3n) is 3.26. The van der Waals surface area contributed by atoms with Gasteiger partial charge in [0.15, 0.2) is 5.78 Å². The second-order valence-electron chi connectivity index (χ2n) is 5.06. The fraction of sp³-hybridized carbons (Fsp3) is 0.118. The SMILES string of the molecule is Cn1cc(C(=O)/C=C/c2cnn(Cc3ccccc3)c2)cn1. The maximum absolute atomic E-state index is 12.0. The molecule has 3 rings (SSSR count). The third-order valence-corrected chi connectivity index (χ3v) is 3.26. The van der Waals surface area contributed by atoms with Crippen LogP contribution in [0.4, 0.5) is 0 Å². The van der Waals surface area contributed by atoms with Crippen LogP contribution in [0.5, 0.6) is 0 Å². The van der Waals surface area contributed by atoms with Gasteiger partial charge in [0.25, 0.3) is 0 Å². The zero-order chi connectivity index (χ0) is 15.4. The van der Waals surface area contributed by atoms with Crippen LogP contribution in [0.15, 0.2) is 61.2 Å². The Morgan fingerprint density at radius 2 is 1.95 bits per heavy atom. The van der Waals surface area contributed by atoms with Gasteiger partial charge < -0.3 is 0 Å². The number of benzene rings is 1. The highest BCUT2D eigenvalue weighted by Gasteiger charge is 2.04. The molecule has 0 saturated heterocycles. The van der Waals surface area contributed by atoms with Crippen LogP contribution in [-0.2, 0) is 13.6 Å². The molecule has 22 heavy (non-hydrogen) atoms. The predicted octanol–water partition coefficient (Wildman–Crippen LogP) is 2.56. The quantitative estimate of drug-likeness (QED) is 0.536. The first kappa shape index (κ1) is 14.0. The average molecular weight is 292 g/mol. The molecule has 110 valence electrons. The summed E-state index contributed by atoms with van der Waals surface area (Å²) in [7, 11) is 1.79. The second kappa shape index (κ2) is 6.22. The molecule has 0 bridgehead atoms. The van der Waals surface area contributed by atoms with Crippen molar-refractivity contribution in [2.45, 2.75) is 6.54 Å². The molecule has 0 unspecified atom stereocenters. The molecule has 2 heterocycles. The Morgan fingerprint density at radius 1 is 1.14 bits per heavy atom. The van der Waals surface area contributed by atoms with E-state index in [1.54, 1.807) is 42.5 Å². The smallest absolute Gasteiger partial charge is 0.189 e. The van der Waals surface area contributed by atoms with E-state index in [2.05, 4.69) is 22.3 Å². The number of hydrogen-bond donors (Lipinski definition) is 0. The number of hydrogen-bond acceptors (Lipinski definition) is 3. The Bertz CT molecular complexity index is 799. The van der Waals surface area contributed by atoms with Crippen molar-refractivity contribution in [1.29, 1.82) is 0 Å². The zero-order valence-electron chi connectivity index (χ0n) is 12.3. The van der Waals surface area contributed by atoms with Gasteiger partial charge in [-0.1, -0.05) is 30.3 Å². The molecular formula is C17H16N4O. The summed E-state index contributed by atoms with van der Waals surface area (Å²) in [4.78, 5) is 12.0. The topological polar surface area (TPSA) is 52.7 Å². The maximum atomic E-state index is 12.0. The van der Waals surface area contributed by atoms with Gasteiger partial charge in [0, 0.05) is 25.0 Å².